The average molecular weight is 535 g/mol. The summed E-state index contributed by atoms with van der Waals surface area (Å²) in [5.74, 6) is 0.147. The quantitative estimate of drug-likeness (QED) is 0.321. The van der Waals surface area contributed by atoms with Gasteiger partial charge in [-0.2, -0.15) is 0 Å². The maximum atomic E-state index is 12.3. The van der Waals surface area contributed by atoms with E-state index in [4.69, 9.17) is 9.47 Å². The fraction of sp³-hybridized carbons (Fsp3) is 0.227. The molecule has 9 heteroatoms. The first kappa shape index (κ1) is 22.6. The van der Waals surface area contributed by atoms with Crippen molar-refractivity contribution in [3.8, 4) is 11.5 Å². The third kappa shape index (κ3) is 5.35. The zero-order chi connectivity index (χ0) is 22.5. The Morgan fingerprint density at radius 1 is 1.23 bits per heavy atom. The molecule has 1 heterocycles. The molecule has 3 rings (SSSR count). The summed E-state index contributed by atoms with van der Waals surface area (Å²) in [4.78, 5) is 37.5. The lowest BCUT2D eigenvalue weighted by molar-refractivity contribution is -0.122. The number of imide groups is 1. The van der Waals surface area contributed by atoms with Gasteiger partial charge < -0.3 is 20.1 Å². The minimum atomic E-state index is -0.444. The van der Waals surface area contributed by atoms with Crippen molar-refractivity contribution in [1.29, 1.82) is 0 Å². The van der Waals surface area contributed by atoms with Crippen LogP contribution in [0.3, 0.4) is 0 Å². The number of hydrogen-bond donors (Lipinski definition) is 2. The van der Waals surface area contributed by atoms with Gasteiger partial charge in [0, 0.05) is 12.2 Å². The summed E-state index contributed by atoms with van der Waals surface area (Å²) in [6.45, 7) is 3.80. The number of carbonyl (C=O) groups excluding carboxylic acids is 3. The molecule has 0 aliphatic carbocycles. The molecule has 2 N–H and O–H groups in total. The van der Waals surface area contributed by atoms with Gasteiger partial charge in [-0.05, 0) is 72.3 Å². The molecule has 1 aliphatic heterocycles. The van der Waals surface area contributed by atoms with Gasteiger partial charge in [0.2, 0.25) is 0 Å². The van der Waals surface area contributed by atoms with Crippen LogP contribution in [0.4, 0.5) is 10.5 Å². The number of methoxy groups -OCH3 is 1. The van der Waals surface area contributed by atoms with Gasteiger partial charge in [0.25, 0.3) is 11.8 Å². The number of hydrogen-bond acceptors (Lipinski definition) is 5. The number of nitrogens with one attached hydrogen (secondary N) is 2. The summed E-state index contributed by atoms with van der Waals surface area (Å²) in [6, 6.07) is 10.5. The van der Waals surface area contributed by atoms with E-state index in [1.165, 1.54) is 7.11 Å². The van der Waals surface area contributed by atoms with Crippen LogP contribution in [-0.4, -0.2) is 43.0 Å². The van der Waals surface area contributed by atoms with Gasteiger partial charge >= 0.3 is 6.03 Å². The molecule has 2 aromatic carbocycles. The third-order valence-electron chi connectivity index (χ3n) is 4.52. The van der Waals surface area contributed by atoms with E-state index in [2.05, 4.69) is 33.2 Å². The zero-order valence-corrected chi connectivity index (χ0v) is 19.5. The molecule has 4 amide bonds. The summed E-state index contributed by atoms with van der Waals surface area (Å²) in [7, 11) is 1.49. The molecule has 1 aliphatic rings. The van der Waals surface area contributed by atoms with Gasteiger partial charge in [0.1, 0.15) is 5.70 Å². The predicted molar refractivity (Wildman–Crippen MR) is 125 cm³/mol. The van der Waals surface area contributed by atoms with E-state index in [1.54, 1.807) is 25.1 Å². The van der Waals surface area contributed by atoms with Crippen LogP contribution in [0.25, 0.3) is 6.08 Å². The van der Waals surface area contributed by atoms with Crippen molar-refractivity contribution in [2.75, 3.05) is 25.6 Å². The summed E-state index contributed by atoms with van der Waals surface area (Å²) in [6.07, 6.45) is 1.58. The van der Waals surface area contributed by atoms with Gasteiger partial charge in [0.05, 0.1) is 10.7 Å². The smallest absolute Gasteiger partial charge is 0.328 e. The lowest BCUT2D eigenvalue weighted by Gasteiger charge is -2.14. The largest absolute Gasteiger partial charge is 0.493 e. The van der Waals surface area contributed by atoms with Crippen LogP contribution >= 0.6 is 22.6 Å². The Kier molecular flexibility index (Phi) is 7.16. The van der Waals surface area contributed by atoms with Crippen molar-refractivity contribution < 1.29 is 23.9 Å². The zero-order valence-electron chi connectivity index (χ0n) is 17.3. The minimum Gasteiger partial charge on any atom is -0.493 e. The summed E-state index contributed by atoms with van der Waals surface area (Å²) >= 11 is 2.07. The minimum absolute atomic E-state index is 0.191. The van der Waals surface area contributed by atoms with E-state index in [0.29, 0.717) is 32.9 Å². The number of halogens is 1. The van der Waals surface area contributed by atoms with Gasteiger partial charge in [-0.15, -0.1) is 0 Å². The van der Waals surface area contributed by atoms with Crippen LogP contribution < -0.4 is 20.1 Å². The number of nitrogens with zero attached hydrogens (tertiary/aromatic N) is 1. The monoisotopic (exact) mass is 535 g/mol. The Bertz CT molecular complexity index is 1050. The first-order valence-corrected chi connectivity index (χ1v) is 10.6. The highest BCUT2D eigenvalue weighted by molar-refractivity contribution is 14.1. The number of likely N-dealkylation sites (N-methyl/N-ethyl adjacent to an activating group) is 1. The Hall–Kier alpha value is -3.08. The van der Waals surface area contributed by atoms with E-state index in [-0.39, 0.29) is 24.1 Å². The van der Waals surface area contributed by atoms with E-state index >= 15 is 0 Å². The molecule has 162 valence electrons. The van der Waals surface area contributed by atoms with Crippen molar-refractivity contribution in [1.82, 2.24) is 10.2 Å². The lowest BCUT2D eigenvalue weighted by Crippen LogP contribution is -2.30. The molecule has 2 aromatic rings. The molecular formula is C22H22IN3O5. The lowest BCUT2D eigenvalue weighted by atomic mass is 10.1. The van der Waals surface area contributed by atoms with Crippen molar-refractivity contribution in [2.24, 2.45) is 0 Å². The van der Waals surface area contributed by atoms with E-state index in [9.17, 15) is 14.4 Å². The van der Waals surface area contributed by atoms with Crippen LogP contribution in [-0.2, 0) is 9.59 Å². The van der Waals surface area contributed by atoms with Gasteiger partial charge in [-0.1, -0.05) is 17.7 Å². The molecule has 1 saturated heterocycles. The SMILES string of the molecule is CCN1C(=O)N/C(=C/c2cc(I)c(OCC(=O)Nc3ccc(C)cc3)c(OC)c2)C1=O. The van der Waals surface area contributed by atoms with E-state index in [1.807, 2.05) is 31.2 Å². The molecule has 0 atom stereocenters. The van der Waals surface area contributed by atoms with Crippen LogP contribution in [0.1, 0.15) is 18.1 Å². The number of urea groups is 1. The number of benzene rings is 2. The van der Waals surface area contributed by atoms with Gasteiger partial charge in [0.15, 0.2) is 18.1 Å². The maximum Gasteiger partial charge on any atom is 0.328 e. The molecule has 0 unspecified atom stereocenters. The van der Waals surface area contributed by atoms with Crippen molar-refractivity contribution in [2.45, 2.75) is 13.8 Å². The molecule has 0 aromatic heterocycles. The van der Waals surface area contributed by atoms with Crippen LogP contribution in [0.15, 0.2) is 42.1 Å². The summed E-state index contributed by atoms with van der Waals surface area (Å²) in [5, 5.41) is 5.34. The fourth-order valence-corrected chi connectivity index (χ4v) is 3.74. The number of amides is 4. The molecular weight excluding hydrogens is 513 g/mol. The van der Waals surface area contributed by atoms with E-state index < -0.39 is 6.03 Å². The number of ether oxygens (including phenoxy) is 2. The summed E-state index contributed by atoms with van der Waals surface area (Å²) in [5.41, 5.74) is 2.63. The third-order valence-corrected chi connectivity index (χ3v) is 5.33. The van der Waals surface area contributed by atoms with Crippen molar-refractivity contribution >= 4 is 52.2 Å². The van der Waals surface area contributed by atoms with Gasteiger partial charge in [-0.3, -0.25) is 14.5 Å². The number of aryl methyl sites for hydroxylation is 1. The standard InChI is InChI=1S/C22H22IN3O5/c1-4-26-21(28)17(25-22(26)29)10-14-9-16(23)20(18(11-14)30-3)31-12-19(27)24-15-7-5-13(2)6-8-15/h5-11H,4,12H2,1-3H3,(H,24,27)(H,25,29)/b17-10+. The van der Waals surface area contributed by atoms with E-state index in [0.717, 1.165) is 10.5 Å². The number of rotatable bonds is 7. The van der Waals surface area contributed by atoms with Crippen LogP contribution in [0.5, 0.6) is 11.5 Å². The molecule has 0 saturated carbocycles. The topological polar surface area (TPSA) is 97.0 Å². The van der Waals surface area contributed by atoms with Crippen LogP contribution in [0, 0.1) is 10.5 Å². The second-order valence-electron chi connectivity index (χ2n) is 6.77. The highest BCUT2D eigenvalue weighted by Gasteiger charge is 2.32. The molecule has 31 heavy (non-hydrogen) atoms. The molecule has 8 nitrogen and oxygen atoms in total. The second kappa shape index (κ2) is 9.82. The predicted octanol–water partition coefficient (Wildman–Crippen LogP) is 3.54. The summed E-state index contributed by atoms with van der Waals surface area (Å²) < 4.78 is 11.8. The normalized spacial score (nSPS) is 14.6. The first-order valence-electron chi connectivity index (χ1n) is 9.53. The number of anilines is 1. The van der Waals surface area contributed by atoms with Crippen LogP contribution in [0.2, 0.25) is 0 Å². The highest BCUT2D eigenvalue weighted by Crippen LogP contribution is 2.34. The fourth-order valence-electron chi connectivity index (χ4n) is 2.96. The first-order chi connectivity index (χ1) is 14.8. The second-order valence-corrected chi connectivity index (χ2v) is 7.94. The molecule has 0 bridgehead atoms. The maximum absolute atomic E-state index is 12.3. The Morgan fingerprint density at radius 3 is 2.55 bits per heavy atom. The molecule has 0 spiro atoms. The average Bonchev–Trinajstić information content (AvgIpc) is 3.00. The van der Waals surface area contributed by atoms with Crippen molar-refractivity contribution in [3.63, 3.8) is 0 Å². The Labute approximate surface area is 193 Å². The van der Waals surface area contributed by atoms with Crippen molar-refractivity contribution in [3.05, 3.63) is 56.8 Å². The number of carbonyl (C=O) groups is 3. The molecule has 0 radical (unpaired) electrons. The highest BCUT2D eigenvalue weighted by atomic mass is 127. The Morgan fingerprint density at radius 2 is 1.94 bits per heavy atom. The molecule has 1 fully saturated rings. The van der Waals surface area contributed by atoms with Gasteiger partial charge in [-0.25, -0.2) is 4.79 Å². The Balaban J connectivity index is 1.73.